The van der Waals surface area contributed by atoms with E-state index in [1.165, 1.54) is 19.8 Å². The molecule has 0 atom stereocenters. The lowest BCUT2D eigenvalue weighted by Gasteiger charge is -2.27. The molecular weight excluding hydrogens is 482 g/mol. The summed E-state index contributed by atoms with van der Waals surface area (Å²) in [6.45, 7) is 8.82. The number of amides is 1. The number of aromatic nitrogens is 2. The maximum absolute atomic E-state index is 13.8. The number of hydrogen-bond acceptors (Lipinski definition) is 6. The highest BCUT2D eigenvalue weighted by atomic mass is 32.2. The van der Waals surface area contributed by atoms with E-state index in [1.54, 1.807) is 19.1 Å². The number of carbonyl (C=O) groups excluding carboxylic acids is 1. The van der Waals surface area contributed by atoms with Crippen molar-refractivity contribution in [1.82, 2.24) is 13.9 Å². The average molecular weight is 520 g/mol. The number of carbonyl (C=O) groups is 1. The highest BCUT2D eigenvalue weighted by Crippen LogP contribution is 2.26. The lowest BCUT2D eigenvalue weighted by Crippen LogP contribution is -2.42. The van der Waals surface area contributed by atoms with Crippen molar-refractivity contribution in [3.8, 4) is 0 Å². The van der Waals surface area contributed by atoms with Crippen molar-refractivity contribution in [2.45, 2.75) is 71.2 Å². The van der Waals surface area contributed by atoms with Crippen LogP contribution in [0.4, 0.5) is 11.5 Å². The zero-order chi connectivity index (χ0) is 26.6. The van der Waals surface area contributed by atoms with Crippen molar-refractivity contribution in [2.24, 2.45) is 5.92 Å². The quantitative estimate of drug-likeness (QED) is 0.522. The standard InChI is InChI=1S/C25H37N5O5S/c1-5-6-14-29(21-22(26)30(16-17(2)3)25(33)27-23(21)31)24(32)19-11-10-18(4)20(15-19)36(34,35)28-12-8-7-9-13-28/h10-11,15,17H,5-9,12-14,16,26H2,1-4H3,(H,27,31,33). The van der Waals surface area contributed by atoms with Gasteiger partial charge in [0.2, 0.25) is 10.0 Å². The summed E-state index contributed by atoms with van der Waals surface area (Å²) < 4.78 is 29.5. The van der Waals surface area contributed by atoms with Crippen LogP contribution in [0.5, 0.6) is 0 Å². The van der Waals surface area contributed by atoms with E-state index in [-0.39, 0.29) is 41.0 Å². The third-order valence-corrected chi connectivity index (χ3v) is 8.42. The van der Waals surface area contributed by atoms with Crippen LogP contribution in [0, 0.1) is 12.8 Å². The molecule has 2 heterocycles. The highest BCUT2D eigenvalue weighted by Gasteiger charge is 2.30. The van der Waals surface area contributed by atoms with E-state index in [1.807, 2.05) is 20.8 Å². The summed E-state index contributed by atoms with van der Waals surface area (Å²) in [5.74, 6) is -0.566. The molecule has 2 aromatic rings. The van der Waals surface area contributed by atoms with Crippen LogP contribution in [0.2, 0.25) is 0 Å². The molecule has 1 aromatic heterocycles. The molecule has 1 aromatic carbocycles. The summed E-state index contributed by atoms with van der Waals surface area (Å²) >= 11 is 0. The third-order valence-electron chi connectivity index (χ3n) is 6.38. The zero-order valence-electron chi connectivity index (χ0n) is 21.5. The van der Waals surface area contributed by atoms with Crippen LogP contribution in [-0.4, -0.2) is 47.8 Å². The summed E-state index contributed by atoms with van der Waals surface area (Å²) in [6, 6.07) is 4.55. The Hall–Kier alpha value is -2.92. The fourth-order valence-electron chi connectivity index (χ4n) is 4.43. The van der Waals surface area contributed by atoms with Crippen LogP contribution in [-0.2, 0) is 16.6 Å². The van der Waals surface area contributed by atoms with Crippen molar-refractivity contribution < 1.29 is 13.2 Å². The van der Waals surface area contributed by atoms with E-state index in [9.17, 15) is 22.8 Å². The van der Waals surface area contributed by atoms with Crippen LogP contribution in [0.1, 0.15) is 68.8 Å². The number of unbranched alkanes of at least 4 members (excludes halogenated alkanes) is 1. The first-order chi connectivity index (χ1) is 17.0. The first-order valence-corrected chi connectivity index (χ1v) is 14.0. The van der Waals surface area contributed by atoms with Gasteiger partial charge in [0.1, 0.15) is 5.82 Å². The Bertz CT molecular complexity index is 1320. The monoisotopic (exact) mass is 519 g/mol. The van der Waals surface area contributed by atoms with Gasteiger partial charge in [-0.05, 0) is 49.8 Å². The van der Waals surface area contributed by atoms with Crippen LogP contribution in [0.15, 0.2) is 32.7 Å². The number of rotatable bonds is 9. The van der Waals surface area contributed by atoms with E-state index in [4.69, 9.17) is 5.73 Å². The van der Waals surface area contributed by atoms with Crippen LogP contribution in [0.25, 0.3) is 0 Å². The molecule has 0 spiro atoms. The Balaban J connectivity index is 2.10. The number of sulfonamides is 1. The molecule has 1 saturated heterocycles. The molecule has 10 nitrogen and oxygen atoms in total. The number of nitrogen functional groups attached to an aromatic ring is 1. The van der Waals surface area contributed by atoms with Gasteiger partial charge in [0.15, 0.2) is 5.69 Å². The smallest absolute Gasteiger partial charge is 0.330 e. The van der Waals surface area contributed by atoms with E-state index in [0.29, 0.717) is 25.1 Å². The minimum atomic E-state index is -3.77. The van der Waals surface area contributed by atoms with Gasteiger partial charge in [-0.1, -0.05) is 39.7 Å². The van der Waals surface area contributed by atoms with Crippen molar-refractivity contribution in [1.29, 1.82) is 0 Å². The van der Waals surface area contributed by atoms with E-state index >= 15 is 0 Å². The number of nitrogens with two attached hydrogens (primary N) is 1. The van der Waals surface area contributed by atoms with Gasteiger partial charge in [0.25, 0.3) is 11.5 Å². The largest absolute Gasteiger partial charge is 0.383 e. The summed E-state index contributed by atoms with van der Waals surface area (Å²) in [4.78, 5) is 42.7. The molecule has 0 aliphatic carbocycles. The normalized spacial score (nSPS) is 14.8. The maximum Gasteiger partial charge on any atom is 0.330 e. The average Bonchev–Trinajstić information content (AvgIpc) is 2.84. The summed E-state index contributed by atoms with van der Waals surface area (Å²) in [7, 11) is -3.77. The Kier molecular flexibility index (Phi) is 8.78. The molecule has 1 aliphatic heterocycles. The van der Waals surface area contributed by atoms with Gasteiger partial charge in [0.05, 0.1) is 4.90 Å². The number of aryl methyl sites for hydroxylation is 1. The molecule has 0 saturated carbocycles. The summed E-state index contributed by atoms with van der Waals surface area (Å²) in [5.41, 5.74) is 5.47. The van der Waals surface area contributed by atoms with Gasteiger partial charge in [-0.2, -0.15) is 4.31 Å². The molecule has 1 amide bonds. The predicted molar refractivity (Wildman–Crippen MR) is 141 cm³/mol. The topological polar surface area (TPSA) is 139 Å². The van der Waals surface area contributed by atoms with Gasteiger partial charge in [-0.25, -0.2) is 13.2 Å². The second-order valence-corrected chi connectivity index (χ2v) is 11.7. The van der Waals surface area contributed by atoms with Crippen molar-refractivity contribution >= 4 is 27.4 Å². The first-order valence-electron chi connectivity index (χ1n) is 12.5. The summed E-state index contributed by atoms with van der Waals surface area (Å²) in [6.07, 6.45) is 3.92. The van der Waals surface area contributed by atoms with Gasteiger partial charge < -0.3 is 10.6 Å². The molecule has 198 valence electrons. The van der Waals surface area contributed by atoms with Gasteiger partial charge in [-0.15, -0.1) is 0 Å². The van der Waals surface area contributed by atoms with E-state index in [2.05, 4.69) is 4.98 Å². The Morgan fingerprint density at radius 3 is 2.44 bits per heavy atom. The fraction of sp³-hybridized carbons (Fsp3) is 0.560. The SMILES string of the molecule is CCCCN(C(=O)c1ccc(C)c(S(=O)(=O)N2CCCCC2)c1)c1c(N)n(CC(C)C)c(=O)[nH]c1=O. The first kappa shape index (κ1) is 27.7. The minimum absolute atomic E-state index is 0.0724. The number of nitrogens with one attached hydrogen (secondary N) is 1. The number of anilines is 2. The molecular formula is C25H37N5O5S. The molecule has 3 N–H and O–H groups in total. The number of nitrogens with zero attached hydrogens (tertiary/aromatic N) is 3. The lowest BCUT2D eigenvalue weighted by atomic mass is 10.1. The van der Waals surface area contributed by atoms with E-state index in [0.717, 1.165) is 25.7 Å². The molecule has 11 heteroatoms. The van der Waals surface area contributed by atoms with Gasteiger partial charge in [0, 0.05) is 31.7 Å². The lowest BCUT2D eigenvalue weighted by molar-refractivity contribution is 0.0986. The molecule has 36 heavy (non-hydrogen) atoms. The second-order valence-electron chi connectivity index (χ2n) is 9.75. The molecule has 1 fully saturated rings. The Morgan fingerprint density at radius 2 is 1.83 bits per heavy atom. The van der Waals surface area contributed by atoms with Crippen LogP contribution in [0.3, 0.4) is 0 Å². The van der Waals surface area contributed by atoms with Crippen molar-refractivity contribution in [3.05, 3.63) is 50.2 Å². The second kappa shape index (κ2) is 11.4. The Labute approximate surface area is 212 Å². The number of H-pyrrole nitrogens is 1. The fourth-order valence-corrected chi connectivity index (χ4v) is 6.19. The number of aromatic amines is 1. The van der Waals surface area contributed by atoms with Crippen molar-refractivity contribution in [2.75, 3.05) is 30.3 Å². The molecule has 1 aliphatic rings. The molecule has 0 bridgehead atoms. The molecule has 0 radical (unpaired) electrons. The minimum Gasteiger partial charge on any atom is -0.383 e. The number of piperidine rings is 1. The van der Waals surface area contributed by atoms with Gasteiger partial charge >= 0.3 is 5.69 Å². The predicted octanol–water partition coefficient (Wildman–Crippen LogP) is 2.70. The van der Waals surface area contributed by atoms with Crippen LogP contribution < -0.4 is 21.9 Å². The maximum atomic E-state index is 13.8. The van der Waals surface area contributed by atoms with E-state index < -0.39 is 27.2 Å². The zero-order valence-corrected chi connectivity index (χ0v) is 22.4. The Morgan fingerprint density at radius 1 is 1.17 bits per heavy atom. The van der Waals surface area contributed by atoms with Crippen molar-refractivity contribution in [3.63, 3.8) is 0 Å². The highest BCUT2D eigenvalue weighted by molar-refractivity contribution is 7.89. The molecule has 3 rings (SSSR count). The number of benzene rings is 1. The van der Waals surface area contributed by atoms with Crippen LogP contribution >= 0.6 is 0 Å². The number of hydrogen-bond donors (Lipinski definition) is 2. The third kappa shape index (κ3) is 5.73. The molecule has 0 unspecified atom stereocenters. The summed E-state index contributed by atoms with van der Waals surface area (Å²) in [5, 5.41) is 0. The van der Waals surface area contributed by atoms with Gasteiger partial charge in [-0.3, -0.25) is 19.1 Å².